The van der Waals surface area contributed by atoms with Crippen molar-refractivity contribution in [3.63, 3.8) is 0 Å². The number of nitrogens with zero attached hydrogens (tertiary/aromatic N) is 1. The van der Waals surface area contributed by atoms with E-state index in [-0.39, 0.29) is 24.3 Å². The summed E-state index contributed by atoms with van der Waals surface area (Å²) in [6.07, 6.45) is 0. The molecule has 20 heavy (non-hydrogen) atoms. The van der Waals surface area contributed by atoms with E-state index in [1.165, 1.54) is 7.11 Å². The zero-order valence-electron chi connectivity index (χ0n) is 12.3. The zero-order chi connectivity index (χ0) is 15.0. The Morgan fingerprint density at radius 2 is 1.95 bits per heavy atom. The van der Waals surface area contributed by atoms with Crippen LogP contribution in [-0.4, -0.2) is 50.6 Å². The standard InChI is InChI=1S/C15H22N2O3/c1-4-17(11-14(18)16-2)10-13(15(19)20-3)12-8-6-5-7-9-12/h5-9,13H,4,10-11H2,1-3H3,(H,16,18). The van der Waals surface area contributed by atoms with Gasteiger partial charge in [-0.05, 0) is 12.1 Å². The van der Waals surface area contributed by atoms with Gasteiger partial charge in [-0.15, -0.1) is 0 Å². The number of likely N-dealkylation sites (N-methyl/N-ethyl adjacent to an activating group) is 2. The molecular formula is C15H22N2O3. The number of methoxy groups -OCH3 is 1. The fourth-order valence-electron chi connectivity index (χ4n) is 1.99. The van der Waals surface area contributed by atoms with Gasteiger partial charge in [-0.1, -0.05) is 37.3 Å². The lowest BCUT2D eigenvalue weighted by Gasteiger charge is -2.24. The van der Waals surface area contributed by atoms with E-state index < -0.39 is 0 Å². The Balaban J connectivity index is 2.84. The summed E-state index contributed by atoms with van der Waals surface area (Å²) >= 11 is 0. The summed E-state index contributed by atoms with van der Waals surface area (Å²) in [5.74, 6) is -0.735. The quantitative estimate of drug-likeness (QED) is 0.756. The van der Waals surface area contributed by atoms with Gasteiger partial charge in [0.05, 0.1) is 19.6 Å². The van der Waals surface area contributed by atoms with Crippen molar-refractivity contribution < 1.29 is 14.3 Å². The lowest BCUT2D eigenvalue weighted by atomic mass is 9.98. The summed E-state index contributed by atoms with van der Waals surface area (Å²) in [6, 6.07) is 9.48. The van der Waals surface area contributed by atoms with Gasteiger partial charge in [-0.3, -0.25) is 14.5 Å². The van der Waals surface area contributed by atoms with Crippen molar-refractivity contribution in [2.75, 3.05) is 33.8 Å². The average Bonchev–Trinajstić information content (AvgIpc) is 2.51. The number of hydrogen-bond acceptors (Lipinski definition) is 4. The van der Waals surface area contributed by atoms with E-state index in [4.69, 9.17) is 4.74 Å². The molecule has 1 atom stereocenters. The van der Waals surface area contributed by atoms with Gasteiger partial charge in [0.25, 0.3) is 0 Å². The van der Waals surface area contributed by atoms with Crippen LogP contribution in [0.5, 0.6) is 0 Å². The number of rotatable bonds is 7. The van der Waals surface area contributed by atoms with Crippen molar-refractivity contribution in [3.8, 4) is 0 Å². The largest absolute Gasteiger partial charge is 0.469 e. The molecule has 0 spiro atoms. The molecule has 5 heteroatoms. The lowest BCUT2D eigenvalue weighted by molar-refractivity contribution is -0.143. The number of hydrogen-bond donors (Lipinski definition) is 1. The molecule has 0 radical (unpaired) electrons. The highest BCUT2D eigenvalue weighted by atomic mass is 16.5. The fraction of sp³-hybridized carbons (Fsp3) is 0.467. The Morgan fingerprint density at radius 1 is 1.30 bits per heavy atom. The van der Waals surface area contributed by atoms with E-state index in [0.29, 0.717) is 13.1 Å². The van der Waals surface area contributed by atoms with Crippen LogP contribution < -0.4 is 5.32 Å². The molecule has 5 nitrogen and oxygen atoms in total. The second kappa shape index (κ2) is 8.32. The second-order valence-electron chi connectivity index (χ2n) is 4.49. The van der Waals surface area contributed by atoms with Crippen molar-refractivity contribution in [1.29, 1.82) is 0 Å². The van der Waals surface area contributed by atoms with Crippen molar-refractivity contribution >= 4 is 11.9 Å². The van der Waals surface area contributed by atoms with Crippen molar-refractivity contribution in [2.24, 2.45) is 0 Å². The molecule has 1 unspecified atom stereocenters. The van der Waals surface area contributed by atoms with E-state index in [2.05, 4.69) is 5.32 Å². The van der Waals surface area contributed by atoms with Crippen LogP contribution in [-0.2, 0) is 14.3 Å². The number of carbonyl (C=O) groups is 2. The van der Waals surface area contributed by atoms with Crippen molar-refractivity contribution in [2.45, 2.75) is 12.8 Å². The SMILES string of the molecule is CCN(CC(=O)NC)CC(C(=O)OC)c1ccccc1. The maximum Gasteiger partial charge on any atom is 0.314 e. The first-order chi connectivity index (χ1) is 9.62. The minimum absolute atomic E-state index is 0.0662. The van der Waals surface area contributed by atoms with Gasteiger partial charge in [0, 0.05) is 13.6 Å². The summed E-state index contributed by atoms with van der Waals surface area (Å²) in [5.41, 5.74) is 0.898. The van der Waals surface area contributed by atoms with E-state index in [9.17, 15) is 9.59 Å². The average molecular weight is 278 g/mol. The molecule has 0 bridgehead atoms. The molecule has 110 valence electrons. The number of esters is 1. The molecule has 0 heterocycles. The molecule has 0 aliphatic carbocycles. The molecule has 1 amide bonds. The number of ether oxygens (including phenoxy) is 1. The summed E-state index contributed by atoms with van der Waals surface area (Å²) in [5, 5.41) is 2.59. The Morgan fingerprint density at radius 3 is 2.45 bits per heavy atom. The van der Waals surface area contributed by atoms with Gasteiger partial charge in [-0.25, -0.2) is 0 Å². The fourth-order valence-corrected chi connectivity index (χ4v) is 1.99. The van der Waals surface area contributed by atoms with E-state index >= 15 is 0 Å². The highest BCUT2D eigenvalue weighted by molar-refractivity contribution is 5.79. The molecule has 1 aromatic carbocycles. The van der Waals surface area contributed by atoms with Gasteiger partial charge < -0.3 is 10.1 Å². The van der Waals surface area contributed by atoms with Gasteiger partial charge in [0.2, 0.25) is 5.91 Å². The molecule has 1 aromatic rings. The van der Waals surface area contributed by atoms with E-state index in [0.717, 1.165) is 5.56 Å². The normalized spacial score (nSPS) is 12.0. The number of carbonyl (C=O) groups excluding carboxylic acids is 2. The molecule has 1 N–H and O–H groups in total. The van der Waals surface area contributed by atoms with E-state index in [1.807, 2.05) is 42.2 Å². The maximum atomic E-state index is 12.0. The first kappa shape index (κ1) is 16.2. The topological polar surface area (TPSA) is 58.6 Å². The molecular weight excluding hydrogens is 256 g/mol. The lowest BCUT2D eigenvalue weighted by Crippen LogP contribution is -2.39. The van der Waals surface area contributed by atoms with Crippen LogP contribution in [0, 0.1) is 0 Å². The van der Waals surface area contributed by atoms with Crippen LogP contribution in [0.2, 0.25) is 0 Å². The second-order valence-corrected chi connectivity index (χ2v) is 4.49. The van der Waals surface area contributed by atoms with Crippen LogP contribution in [0.15, 0.2) is 30.3 Å². The minimum Gasteiger partial charge on any atom is -0.469 e. The van der Waals surface area contributed by atoms with Crippen LogP contribution >= 0.6 is 0 Å². The molecule has 0 aliphatic heterocycles. The van der Waals surface area contributed by atoms with Crippen LogP contribution in [0.25, 0.3) is 0 Å². The van der Waals surface area contributed by atoms with Gasteiger partial charge in [0.15, 0.2) is 0 Å². The zero-order valence-corrected chi connectivity index (χ0v) is 12.3. The van der Waals surface area contributed by atoms with Crippen LogP contribution in [0.3, 0.4) is 0 Å². The Hall–Kier alpha value is -1.88. The van der Waals surface area contributed by atoms with Gasteiger partial charge in [-0.2, -0.15) is 0 Å². The summed E-state index contributed by atoms with van der Waals surface area (Å²) in [4.78, 5) is 25.4. The smallest absolute Gasteiger partial charge is 0.314 e. The molecule has 1 rings (SSSR count). The third kappa shape index (κ3) is 4.66. The summed E-state index contributed by atoms with van der Waals surface area (Å²) in [7, 11) is 2.98. The third-order valence-electron chi connectivity index (χ3n) is 3.22. The predicted octanol–water partition coefficient (Wildman–Crippen LogP) is 1.01. The Labute approximate surface area is 119 Å². The minimum atomic E-state index is -0.384. The number of nitrogens with one attached hydrogen (secondary N) is 1. The molecule has 0 fully saturated rings. The molecule has 0 saturated carbocycles. The number of benzene rings is 1. The maximum absolute atomic E-state index is 12.0. The monoisotopic (exact) mass is 278 g/mol. The predicted molar refractivity (Wildman–Crippen MR) is 77.4 cm³/mol. The van der Waals surface area contributed by atoms with Gasteiger partial charge >= 0.3 is 5.97 Å². The first-order valence-electron chi connectivity index (χ1n) is 6.68. The Kier molecular flexibility index (Phi) is 6.73. The third-order valence-corrected chi connectivity index (χ3v) is 3.22. The highest BCUT2D eigenvalue weighted by Gasteiger charge is 2.24. The Bertz CT molecular complexity index is 434. The number of amides is 1. The molecule has 0 aromatic heterocycles. The summed E-state index contributed by atoms with van der Waals surface area (Å²) < 4.78 is 4.88. The van der Waals surface area contributed by atoms with Crippen molar-refractivity contribution in [3.05, 3.63) is 35.9 Å². The molecule has 0 aliphatic rings. The van der Waals surface area contributed by atoms with E-state index in [1.54, 1.807) is 7.05 Å². The highest BCUT2D eigenvalue weighted by Crippen LogP contribution is 2.18. The summed E-state index contributed by atoms with van der Waals surface area (Å²) in [6.45, 7) is 3.38. The van der Waals surface area contributed by atoms with Gasteiger partial charge in [0.1, 0.15) is 0 Å². The molecule has 0 saturated heterocycles. The van der Waals surface area contributed by atoms with Crippen LogP contribution in [0.4, 0.5) is 0 Å². The first-order valence-corrected chi connectivity index (χ1v) is 6.68. The van der Waals surface area contributed by atoms with Crippen LogP contribution in [0.1, 0.15) is 18.4 Å². The van der Waals surface area contributed by atoms with Crippen molar-refractivity contribution in [1.82, 2.24) is 10.2 Å².